The molecule has 1 unspecified atom stereocenters. The van der Waals surface area contributed by atoms with Gasteiger partial charge in [-0.25, -0.2) is 9.67 Å². The van der Waals surface area contributed by atoms with Crippen molar-refractivity contribution in [1.82, 2.24) is 14.8 Å². The Morgan fingerprint density at radius 2 is 2.28 bits per heavy atom. The van der Waals surface area contributed by atoms with Gasteiger partial charge in [0.15, 0.2) is 0 Å². The minimum absolute atomic E-state index is 0.236. The number of hydrogen-bond donors (Lipinski definition) is 1. The van der Waals surface area contributed by atoms with E-state index < -0.39 is 6.10 Å². The molecule has 0 fully saturated rings. The van der Waals surface area contributed by atoms with Gasteiger partial charge in [-0.3, -0.25) is 0 Å². The lowest BCUT2D eigenvalue weighted by atomic mass is 10.2. The second-order valence-electron chi connectivity index (χ2n) is 4.29. The van der Waals surface area contributed by atoms with Crippen LogP contribution in [0.3, 0.4) is 0 Å². The van der Waals surface area contributed by atoms with E-state index in [1.165, 1.54) is 17.7 Å². The lowest BCUT2D eigenvalue weighted by Gasteiger charge is -2.13. The second-order valence-corrected chi connectivity index (χ2v) is 5.24. The summed E-state index contributed by atoms with van der Waals surface area (Å²) < 4.78 is 7.03. The highest BCUT2D eigenvalue weighted by Crippen LogP contribution is 2.32. The first kappa shape index (κ1) is 13.0. The number of thiophene rings is 1. The Bertz CT molecular complexity index is 507. The van der Waals surface area contributed by atoms with Crippen LogP contribution in [0.15, 0.2) is 17.8 Å². The molecular weight excluding hydrogens is 250 g/mol. The van der Waals surface area contributed by atoms with Gasteiger partial charge >= 0.3 is 0 Å². The minimum atomic E-state index is -0.610. The predicted octanol–water partition coefficient (Wildman–Crippen LogP) is 2.21. The SMILES string of the molecule is COc1ccsc1C(O)Cc1ncnn1C(C)C. The van der Waals surface area contributed by atoms with Crippen molar-refractivity contribution < 1.29 is 9.84 Å². The van der Waals surface area contributed by atoms with Crippen LogP contribution in [0.5, 0.6) is 5.75 Å². The van der Waals surface area contributed by atoms with Crippen molar-refractivity contribution >= 4 is 11.3 Å². The van der Waals surface area contributed by atoms with Crippen LogP contribution in [0.4, 0.5) is 0 Å². The largest absolute Gasteiger partial charge is 0.495 e. The standard InChI is InChI=1S/C12H17N3O2S/c1-8(2)15-11(13-7-14-15)6-9(16)12-10(17-3)4-5-18-12/h4-5,7-9,16H,6H2,1-3H3. The van der Waals surface area contributed by atoms with Gasteiger partial charge in [0.1, 0.15) is 17.9 Å². The maximum absolute atomic E-state index is 10.2. The van der Waals surface area contributed by atoms with Crippen molar-refractivity contribution in [3.8, 4) is 5.75 Å². The molecule has 0 aliphatic rings. The molecule has 5 nitrogen and oxygen atoms in total. The lowest BCUT2D eigenvalue weighted by Crippen LogP contribution is -2.12. The molecule has 1 N–H and O–H groups in total. The van der Waals surface area contributed by atoms with Crippen LogP contribution >= 0.6 is 11.3 Å². The molecule has 2 aromatic heterocycles. The van der Waals surface area contributed by atoms with E-state index in [4.69, 9.17) is 4.74 Å². The monoisotopic (exact) mass is 267 g/mol. The fourth-order valence-electron chi connectivity index (χ4n) is 1.84. The third kappa shape index (κ3) is 2.54. The molecule has 18 heavy (non-hydrogen) atoms. The van der Waals surface area contributed by atoms with E-state index in [2.05, 4.69) is 10.1 Å². The number of aromatic nitrogens is 3. The first-order chi connectivity index (χ1) is 8.63. The van der Waals surface area contributed by atoms with Gasteiger partial charge in [-0.15, -0.1) is 11.3 Å². The fourth-order valence-corrected chi connectivity index (χ4v) is 2.68. The van der Waals surface area contributed by atoms with E-state index in [0.717, 1.165) is 16.5 Å². The smallest absolute Gasteiger partial charge is 0.138 e. The fraction of sp³-hybridized carbons (Fsp3) is 0.500. The average Bonchev–Trinajstić information content (AvgIpc) is 2.96. The van der Waals surface area contributed by atoms with Crippen LogP contribution in [0.25, 0.3) is 0 Å². The molecule has 0 aliphatic heterocycles. The Balaban J connectivity index is 2.16. The Labute approximate surface area is 110 Å². The molecule has 2 rings (SSSR count). The number of ether oxygens (including phenoxy) is 1. The highest BCUT2D eigenvalue weighted by atomic mass is 32.1. The molecule has 0 bridgehead atoms. The second kappa shape index (κ2) is 5.49. The van der Waals surface area contributed by atoms with Crippen molar-refractivity contribution in [2.45, 2.75) is 32.4 Å². The average molecular weight is 267 g/mol. The Morgan fingerprint density at radius 1 is 1.50 bits per heavy atom. The topological polar surface area (TPSA) is 60.2 Å². The van der Waals surface area contributed by atoms with Crippen molar-refractivity contribution in [2.24, 2.45) is 0 Å². The maximum atomic E-state index is 10.2. The van der Waals surface area contributed by atoms with E-state index in [-0.39, 0.29) is 6.04 Å². The summed E-state index contributed by atoms with van der Waals surface area (Å²) in [5.41, 5.74) is 0. The Morgan fingerprint density at radius 3 is 2.94 bits per heavy atom. The van der Waals surface area contributed by atoms with Crippen molar-refractivity contribution in [1.29, 1.82) is 0 Å². The highest BCUT2D eigenvalue weighted by Gasteiger charge is 2.19. The molecule has 0 saturated carbocycles. The van der Waals surface area contributed by atoms with Crippen LogP contribution in [0.2, 0.25) is 0 Å². The summed E-state index contributed by atoms with van der Waals surface area (Å²) in [7, 11) is 1.61. The summed E-state index contributed by atoms with van der Waals surface area (Å²) in [5.74, 6) is 1.51. The zero-order chi connectivity index (χ0) is 13.1. The molecule has 0 saturated heterocycles. The van der Waals surface area contributed by atoms with Crippen LogP contribution in [0, 0.1) is 0 Å². The van der Waals surface area contributed by atoms with Crippen LogP contribution < -0.4 is 4.74 Å². The van der Waals surface area contributed by atoms with Gasteiger partial charge in [-0.1, -0.05) is 0 Å². The van der Waals surface area contributed by atoms with E-state index >= 15 is 0 Å². The zero-order valence-corrected chi connectivity index (χ0v) is 11.5. The predicted molar refractivity (Wildman–Crippen MR) is 69.9 cm³/mol. The van der Waals surface area contributed by atoms with Gasteiger partial charge < -0.3 is 9.84 Å². The van der Waals surface area contributed by atoms with Gasteiger partial charge in [0.25, 0.3) is 0 Å². The molecule has 0 amide bonds. The number of aliphatic hydroxyl groups is 1. The van der Waals surface area contributed by atoms with E-state index in [9.17, 15) is 5.11 Å². The number of hydrogen-bond acceptors (Lipinski definition) is 5. The van der Waals surface area contributed by atoms with Crippen molar-refractivity contribution in [2.75, 3.05) is 7.11 Å². The Kier molecular flexibility index (Phi) is 3.98. The first-order valence-electron chi connectivity index (χ1n) is 5.81. The first-order valence-corrected chi connectivity index (χ1v) is 6.69. The van der Waals surface area contributed by atoms with Crippen LogP contribution in [-0.2, 0) is 6.42 Å². The number of methoxy groups -OCH3 is 1. The van der Waals surface area contributed by atoms with E-state index in [0.29, 0.717) is 6.42 Å². The summed E-state index contributed by atoms with van der Waals surface area (Å²) in [6.07, 6.45) is 1.35. The van der Waals surface area contributed by atoms with E-state index in [1.54, 1.807) is 7.11 Å². The summed E-state index contributed by atoms with van der Waals surface area (Å²) in [6.45, 7) is 4.08. The minimum Gasteiger partial charge on any atom is -0.495 e. The summed E-state index contributed by atoms with van der Waals surface area (Å²) in [5, 5.41) is 16.3. The molecule has 2 aromatic rings. The summed E-state index contributed by atoms with van der Waals surface area (Å²) in [6, 6.07) is 2.09. The third-order valence-corrected chi connectivity index (χ3v) is 3.69. The molecule has 2 heterocycles. The van der Waals surface area contributed by atoms with E-state index in [1.807, 2.05) is 30.0 Å². The van der Waals surface area contributed by atoms with Crippen molar-refractivity contribution in [3.05, 3.63) is 28.5 Å². The van der Waals surface area contributed by atoms with Crippen LogP contribution in [-0.4, -0.2) is 27.0 Å². The highest BCUT2D eigenvalue weighted by molar-refractivity contribution is 7.10. The molecule has 0 aliphatic carbocycles. The number of rotatable bonds is 5. The molecule has 6 heteroatoms. The summed E-state index contributed by atoms with van der Waals surface area (Å²) >= 11 is 1.49. The van der Waals surface area contributed by atoms with Gasteiger partial charge in [-0.2, -0.15) is 5.10 Å². The molecule has 0 spiro atoms. The van der Waals surface area contributed by atoms with Gasteiger partial charge in [-0.05, 0) is 25.3 Å². The Hall–Kier alpha value is -1.40. The summed E-state index contributed by atoms with van der Waals surface area (Å²) in [4.78, 5) is 5.03. The molecule has 98 valence electrons. The zero-order valence-electron chi connectivity index (χ0n) is 10.7. The van der Waals surface area contributed by atoms with Gasteiger partial charge in [0.05, 0.1) is 18.1 Å². The molecular formula is C12H17N3O2S. The maximum Gasteiger partial charge on any atom is 0.138 e. The normalized spacial score (nSPS) is 12.9. The van der Waals surface area contributed by atoms with Gasteiger partial charge in [0, 0.05) is 12.5 Å². The molecule has 0 aromatic carbocycles. The van der Waals surface area contributed by atoms with Gasteiger partial charge in [0.2, 0.25) is 0 Å². The molecule has 1 atom stereocenters. The quantitative estimate of drug-likeness (QED) is 0.902. The number of nitrogens with zero attached hydrogens (tertiary/aromatic N) is 3. The number of aliphatic hydroxyl groups excluding tert-OH is 1. The van der Waals surface area contributed by atoms with Crippen molar-refractivity contribution in [3.63, 3.8) is 0 Å². The molecule has 0 radical (unpaired) electrons. The third-order valence-electron chi connectivity index (χ3n) is 2.69. The lowest BCUT2D eigenvalue weighted by molar-refractivity contribution is 0.173. The van der Waals surface area contributed by atoms with Crippen LogP contribution in [0.1, 0.15) is 36.7 Å².